The van der Waals surface area contributed by atoms with Crippen molar-refractivity contribution in [2.75, 3.05) is 26.3 Å². The number of nitrogens with zero attached hydrogens (tertiary/aromatic N) is 2. The average molecular weight is 436 g/mol. The zero-order valence-electron chi connectivity index (χ0n) is 18.1. The molecule has 0 bridgehead atoms. The van der Waals surface area contributed by atoms with Crippen LogP contribution in [0.1, 0.15) is 36.9 Å². The molecule has 3 aromatic rings. The molecule has 1 fully saturated rings. The van der Waals surface area contributed by atoms with E-state index in [1.165, 1.54) is 11.1 Å². The number of fused-ring (bicyclic) bond motifs is 1. The molecule has 2 aromatic carbocycles. The molecule has 0 aliphatic carbocycles. The number of hydrogen-bond donors (Lipinski definition) is 1. The Labute approximate surface area is 189 Å². The normalized spacial score (nSPS) is 15.7. The van der Waals surface area contributed by atoms with Crippen LogP contribution in [-0.2, 0) is 11.3 Å². The van der Waals surface area contributed by atoms with E-state index in [1.54, 1.807) is 6.20 Å². The van der Waals surface area contributed by atoms with Gasteiger partial charge in [-0.25, -0.2) is 4.98 Å². The number of morpholine rings is 1. The number of benzene rings is 2. The summed E-state index contributed by atoms with van der Waals surface area (Å²) < 4.78 is 5.52. The summed E-state index contributed by atoms with van der Waals surface area (Å²) in [6, 6.07) is 17.2. The van der Waals surface area contributed by atoms with Crippen molar-refractivity contribution >= 4 is 22.5 Å². The average Bonchev–Trinajstić information content (AvgIpc) is 2.79. The minimum atomic E-state index is 0.289. The van der Waals surface area contributed by atoms with Crippen LogP contribution in [0.5, 0.6) is 0 Å². The fourth-order valence-corrected chi connectivity index (χ4v) is 4.38. The highest BCUT2D eigenvalue weighted by atomic mass is 35.5. The van der Waals surface area contributed by atoms with E-state index in [4.69, 9.17) is 21.3 Å². The molecule has 162 valence electrons. The molecule has 0 spiro atoms. The maximum Gasteiger partial charge on any atom is 0.0727 e. The van der Waals surface area contributed by atoms with Crippen LogP contribution in [0.4, 0.5) is 0 Å². The van der Waals surface area contributed by atoms with Gasteiger partial charge in [0.25, 0.3) is 0 Å². The van der Waals surface area contributed by atoms with Gasteiger partial charge in [-0.05, 0) is 41.9 Å². The predicted molar refractivity (Wildman–Crippen MR) is 129 cm³/mol. The van der Waals surface area contributed by atoms with Gasteiger partial charge in [-0.15, -0.1) is 0 Å². The standard InChI is InChI=1S/C26H30ClN3O/c1-3-5-24(28-4-2)19-6-8-20(9-7-19)25-16-21(18-30-12-14-31-15-13-30)23-11-10-22(27)17-26(23)29-25/h4,6-11,16-17,24,28H,2-3,5,12-15,18H2,1H3. The summed E-state index contributed by atoms with van der Waals surface area (Å²) in [7, 11) is 0. The quantitative estimate of drug-likeness (QED) is 0.473. The summed E-state index contributed by atoms with van der Waals surface area (Å²) in [5.41, 5.74) is 5.58. The van der Waals surface area contributed by atoms with Crippen LogP contribution in [0.25, 0.3) is 22.2 Å². The number of hydrogen-bond acceptors (Lipinski definition) is 4. The Bertz CT molecular complexity index is 1030. The van der Waals surface area contributed by atoms with Gasteiger partial charge in [-0.1, -0.05) is 61.9 Å². The lowest BCUT2D eigenvalue weighted by Crippen LogP contribution is -2.35. The van der Waals surface area contributed by atoms with Crippen LogP contribution in [0.3, 0.4) is 0 Å². The Kier molecular flexibility index (Phi) is 7.23. The number of halogens is 1. The second kappa shape index (κ2) is 10.3. The zero-order valence-corrected chi connectivity index (χ0v) is 18.9. The molecule has 4 rings (SSSR count). The lowest BCUT2D eigenvalue weighted by Gasteiger charge is -2.27. The highest BCUT2D eigenvalue weighted by Gasteiger charge is 2.15. The summed E-state index contributed by atoms with van der Waals surface area (Å²) in [5.74, 6) is 0. The molecule has 1 N–H and O–H groups in total. The van der Waals surface area contributed by atoms with Gasteiger partial charge in [-0.2, -0.15) is 0 Å². The van der Waals surface area contributed by atoms with Crippen molar-refractivity contribution in [2.24, 2.45) is 0 Å². The molecule has 4 nitrogen and oxygen atoms in total. The molecule has 5 heteroatoms. The number of ether oxygens (including phenoxy) is 1. The zero-order chi connectivity index (χ0) is 21.6. The van der Waals surface area contributed by atoms with Crippen molar-refractivity contribution in [1.29, 1.82) is 0 Å². The summed E-state index contributed by atoms with van der Waals surface area (Å²) >= 11 is 6.29. The predicted octanol–water partition coefficient (Wildman–Crippen LogP) is 5.96. The Morgan fingerprint density at radius 1 is 1.16 bits per heavy atom. The largest absolute Gasteiger partial charge is 0.385 e. The van der Waals surface area contributed by atoms with Gasteiger partial charge in [0.2, 0.25) is 0 Å². The molecule has 0 radical (unpaired) electrons. The third kappa shape index (κ3) is 5.27. The summed E-state index contributed by atoms with van der Waals surface area (Å²) in [5, 5.41) is 5.23. The van der Waals surface area contributed by atoms with Crippen LogP contribution >= 0.6 is 11.6 Å². The van der Waals surface area contributed by atoms with Crippen LogP contribution in [0.15, 0.2) is 61.3 Å². The molecular formula is C26H30ClN3O. The molecule has 1 atom stereocenters. The van der Waals surface area contributed by atoms with Gasteiger partial charge >= 0.3 is 0 Å². The highest BCUT2D eigenvalue weighted by Crippen LogP contribution is 2.29. The van der Waals surface area contributed by atoms with Gasteiger partial charge in [0.15, 0.2) is 0 Å². The number of pyridine rings is 1. The number of nitrogens with one attached hydrogen (secondary N) is 1. The first kappa shape index (κ1) is 21.8. The first-order valence-corrected chi connectivity index (χ1v) is 11.4. The third-order valence-electron chi connectivity index (χ3n) is 5.86. The molecule has 1 aliphatic heterocycles. The minimum Gasteiger partial charge on any atom is -0.385 e. The Morgan fingerprint density at radius 2 is 1.94 bits per heavy atom. The van der Waals surface area contributed by atoms with Crippen molar-refractivity contribution in [3.8, 4) is 11.3 Å². The van der Waals surface area contributed by atoms with E-state index in [9.17, 15) is 0 Å². The molecule has 0 amide bonds. The van der Waals surface area contributed by atoms with Crippen molar-refractivity contribution in [1.82, 2.24) is 15.2 Å². The molecule has 1 aromatic heterocycles. The maximum absolute atomic E-state index is 6.29. The van der Waals surface area contributed by atoms with Crippen LogP contribution in [-0.4, -0.2) is 36.2 Å². The number of rotatable bonds is 8. The monoisotopic (exact) mass is 435 g/mol. The van der Waals surface area contributed by atoms with E-state index in [2.05, 4.69) is 60.1 Å². The topological polar surface area (TPSA) is 37.4 Å². The van der Waals surface area contributed by atoms with Crippen LogP contribution in [0.2, 0.25) is 5.02 Å². The molecule has 1 saturated heterocycles. The lowest BCUT2D eigenvalue weighted by atomic mass is 9.98. The van der Waals surface area contributed by atoms with E-state index in [-0.39, 0.29) is 6.04 Å². The van der Waals surface area contributed by atoms with E-state index in [0.717, 1.165) is 67.8 Å². The van der Waals surface area contributed by atoms with E-state index < -0.39 is 0 Å². The van der Waals surface area contributed by atoms with Crippen LogP contribution in [0, 0.1) is 0 Å². The molecule has 0 saturated carbocycles. The Balaban J connectivity index is 1.68. The van der Waals surface area contributed by atoms with Gasteiger partial charge < -0.3 is 10.1 Å². The van der Waals surface area contributed by atoms with E-state index >= 15 is 0 Å². The van der Waals surface area contributed by atoms with E-state index in [0.29, 0.717) is 5.02 Å². The van der Waals surface area contributed by atoms with Crippen molar-refractivity contribution in [3.63, 3.8) is 0 Å². The lowest BCUT2D eigenvalue weighted by molar-refractivity contribution is 0.0344. The van der Waals surface area contributed by atoms with Crippen molar-refractivity contribution in [3.05, 3.63) is 77.5 Å². The van der Waals surface area contributed by atoms with Gasteiger partial charge in [0.05, 0.1) is 30.5 Å². The SMILES string of the molecule is C=CNC(CCC)c1ccc(-c2cc(CN3CCOCC3)c3ccc(Cl)cc3n2)cc1. The maximum atomic E-state index is 6.29. The second-order valence-electron chi connectivity index (χ2n) is 8.05. The Morgan fingerprint density at radius 3 is 2.65 bits per heavy atom. The van der Waals surface area contributed by atoms with E-state index in [1.807, 2.05) is 12.1 Å². The first-order chi connectivity index (χ1) is 15.2. The molecule has 31 heavy (non-hydrogen) atoms. The second-order valence-corrected chi connectivity index (χ2v) is 8.49. The van der Waals surface area contributed by atoms with Gasteiger partial charge in [0.1, 0.15) is 0 Å². The fourth-order valence-electron chi connectivity index (χ4n) is 4.22. The molecule has 2 heterocycles. The number of aromatic nitrogens is 1. The van der Waals surface area contributed by atoms with Gasteiger partial charge in [0, 0.05) is 35.6 Å². The smallest absolute Gasteiger partial charge is 0.0727 e. The van der Waals surface area contributed by atoms with Crippen LogP contribution < -0.4 is 5.32 Å². The third-order valence-corrected chi connectivity index (χ3v) is 6.10. The summed E-state index contributed by atoms with van der Waals surface area (Å²) in [6.07, 6.45) is 3.97. The highest BCUT2D eigenvalue weighted by molar-refractivity contribution is 6.31. The molecule has 1 aliphatic rings. The fraction of sp³-hybridized carbons (Fsp3) is 0.346. The summed E-state index contributed by atoms with van der Waals surface area (Å²) in [6.45, 7) is 10.4. The first-order valence-electron chi connectivity index (χ1n) is 11.0. The molecular weight excluding hydrogens is 406 g/mol. The summed E-state index contributed by atoms with van der Waals surface area (Å²) in [4.78, 5) is 7.39. The minimum absolute atomic E-state index is 0.289. The Hall–Kier alpha value is -2.40. The van der Waals surface area contributed by atoms with Gasteiger partial charge in [-0.3, -0.25) is 4.90 Å². The molecule has 1 unspecified atom stereocenters. The van der Waals surface area contributed by atoms with Crippen molar-refractivity contribution in [2.45, 2.75) is 32.4 Å². The van der Waals surface area contributed by atoms with Crippen molar-refractivity contribution < 1.29 is 4.74 Å².